The molecule has 0 saturated heterocycles. The zero-order chi connectivity index (χ0) is 17.0. The first kappa shape index (κ1) is 17.5. The van der Waals surface area contributed by atoms with Crippen LogP contribution >= 0.6 is 11.8 Å². The Morgan fingerprint density at radius 2 is 1.87 bits per heavy atom. The molecular weight excluding hydrogens is 310 g/mol. The largest absolute Gasteiger partial charge is 0.414 e. The molecule has 0 radical (unpaired) electrons. The lowest BCUT2D eigenvalue weighted by Crippen LogP contribution is -2.23. The molecule has 0 aliphatic rings. The molecular formula is C17H23N3O2S. The quantitative estimate of drug-likeness (QED) is 0.843. The second-order valence-electron chi connectivity index (χ2n) is 6.64. The SMILES string of the molecule is CC(C)Sc1nnc(CNC(=O)c2ccc(C(C)(C)C)cc2)o1. The van der Waals surface area contributed by atoms with Crippen LogP contribution < -0.4 is 5.32 Å². The van der Waals surface area contributed by atoms with Crippen molar-refractivity contribution in [2.75, 3.05) is 0 Å². The second-order valence-corrected chi connectivity index (χ2v) is 8.17. The predicted molar refractivity (Wildman–Crippen MR) is 91.6 cm³/mol. The number of carbonyl (C=O) groups is 1. The van der Waals surface area contributed by atoms with E-state index < -0.39 is 0 Å². The fraction of sp³-hybridized carbons (Fsp3) is 0.471. The van der Waals surface area contributed by atoms with Gasteiger partial charge in [0.05, 0.1) is 6.54 Å². The Labute approximate surface area is 141 Å². The molecule has 2 aromatic rings. The second kappa shape index (κ2) is 7.17. The molecule has 0 bridgehead atoms. The summed E-state index contributed by atoms with van der Waals surface area (Å²) in [5.41, 5.74) is 1.89. The predicted octanol–water partition coefficient (Wildman–Crippen LogP) is 3.80. The minimum absolute atomic E-state index is 0.0727. The molecule has 1 amide bonds. The molecule has 23 heavy (non-hydrogen) atoms. The number of hydrogen-bond donors (Lipinski definition) is 1. The first-order valence-corrected chi connectivity index (χ1v) is 8.51. The highest BCUT2D eigenvalue weighted by molar-refractivity contribution is 7.99. The van der Waals surface area contributed by atoms with Crippen molar-refractivity contribution in [3.63, 3.8) is 0 Å². The zero-order valence-electron chi connectivity index (χ0n) is 14.2. The van der Waals surface area contributed by atoms with E-state index in [2.05, 4.69) is 50.1 Å². The Balaban J connectivity index is 1.93. The van der Waals surface area contributed by atoms with E-state index in [9.17, 15) is 4.79 Å². The van der Waals surface area contributed by atoms with E-state index in [1.807, 2.05) is 24.3 Å². The molecule has 0 atom stereocenters. The van der Waals surface area contributed by atoms with Crippen LogP contribution in [-0.4, -0.2) is 21.4 Å². The van der Waals surface area contributed by atoms with Gasteiger partial charge in [0.25, 0.3) is 11.1 Å². The van der Waals surface area contributed by atoms with Crippen molar-refractivity contribution >= 4 is 17.7 Å². The number of nitrogens with zero attached hydrogens (tertiary/aromatic N) is 2. The molecule has 0 aliphatic carbocycles. The molecule has 5 nitrogen and oxygen atoms in total. The van der Waals surface area contributed by atoms with Crippen LogP contribution in [0, 0.1) is 0 Å². The van der Waals surface area contributed by atoms with Gasteiger partial charge in [-0.3, -0.25) is 4.79 Å². The van der Waals surface area contributed by atoms with Gasteiger partial charge in [0, 0.05) is 10.8 Å². The maximum absolute atomic E-state index is 12.2. The van der Waals surface area contributed by atoms with Crippen LogP contribution in [0.5, 0.6) is 0 Å². The van der Waals surface area contributed by atoms with Crippen LogP contribution in [0.25, 0.3) is 0 Å². The number of aromatic nitrogens is 2. The fourth-order valence-electron chi connectivity index (χ4n) is 1.94. The monoisotopic (exact) mass is 333 g/mol. The highest BCUT2D eigenvalue weighted by atomic mass is 32.2. The van der Waals surface area contributed by atoms with Crippen LogP contribution in [0.1, 0.15) is 56.4 Å². The lowest BCUT2D eigenvalue weighted by atomic mass is 9.87. The van der Waals surface area contributed by atoms with Crippen LogP contribution in [0.4, 0.5) is 0 Å². The topological polar surface area (TPSA) is 68.0 Å². The van der Waals surface area contributed by atoms with Gasteiger partial charge < -0.3 is 9.73 Å². The molecule has 0 unspecified atom stereocenters. The average Bonchev–Trinajstić information content (AvgIpc) is 2.90. The van der Waals surface area contributed by atoms with Gasteiger partial charge >= 0.3 is 0 Å². The summed E-state index contributed by atoms with van der Waals surface area (Å²) in [6.07, 6.45) is 0. The van der Waals surface area contributed by atoms with Crippen LogP contribution in [0.15, 0.2) is 33.9 Å². The summed E-state index contributed by atoms with van der Waals surface area (Å²) in [6.45, 7) is 10.8. The molecule has 1 aromatic carbocycles. The van der Waals surface area contributed by atoms with Gasteiger partial charge in [-0.05, 0) is 23.1 Å². The van der Waals surface area contributed by atoms with Gasteiger partial charge in [-0.25, -0.2) is 0 Å². The molecule has 0 aliphatic heterocycles. The molecule has 0 fully saturated rings. The van der Waals surface area contributed by atoms with Crippen molar-refractivity contribution in [3.05, 3.63) is 41.3 Å². The van der Waals surface area contributed by atoms with E-state index >= 15 is 0 Å². The third-order valence-corrected chi connectivity index (χ3v) is 4.04. The average molecular weight is 333 g/mol. The summed E-state index contributed by atoms with van der Waals surface area (Å²) < 4.78 is 5.47. The lowest BCUT2D eigenvalue weighted by Gasteiger charge is -2.18. The molecule has 2 rings (SSSR count). The van der Waals surface area contributed by atoms with Crippen molar-refractivity contribution in [2.45, 2.75) is 57.1 Å². The highest BCUT2D eigenvalue weighted by Crippen LogP contribution is 2.22. The van der Waals surface area contributed by atoms with Crippen molar-refractivity contribution in [1.82, 2.24) is 15.5 Å². The van der Waals surface area contributed by atoms with Crippen LogP contribution in [0.2, 0.25) is 0 Å². The molecule has 1 heterocycles. The van der Waals surface area contributed by atoms with Crippen LogP contribution in [0.3, 0.4) is 0 Å². The lowest BCUT2D eigenvalue weighted by molar-refractivity contribution is 0.0946. The first-order chi connectivity index (χ1) is 10.8. The minimum Gasteiger partial charge on any atom is -0.414 e. The van der Waals surface area contributed by atoms with E-state index in [4.69, 9.17) is 4.42 Å². The number of rotatable bonds is 5. The Hall–Kier alpha value is -1.82. The highest BCUT2D eigenvalue weighted by Gasteiger charge is 2.15. The summed E-state index contributed by atoms with van der Waals surface area (Å²) in [5.74, 6) is 0.259. The van der Waals surface area contributed by atoms with Crippen LogP contribution in [-0.2, 0) is 12.0 Å². The third kappa shape index (κ3) is 5.10. The first-order valence-electron chi connectivity index (χ1n) is 7.63. The summed E-state index contributed by atoms with van der Waals surface area (Å²) >= 11 is 1.50. The van der Waals surface area contributed by atoms with Gasteiger partial charge in [0.15, 0.2) is 0 Å². The van der Waals surface area contributed by atoms with Crippen molar-refractivity contribution in [1.29, 1.82) is 0 Å². The molecule has 1 aromatic heterocycles. The van der Waals surface area contributed by atoms with E-state index in [0.717, 1.165) is 0 Å². The van der Waals surface area contributed by atoms with E-state index in [-0.39, 0.29) is 17.9 Å². The normalized spacial score (nSPS) is 11.7. The standard InChI is InChI=1S/C17H23N3O2S/c1-11(2)23-16-20-19-14(22-16)10-18-15(21)12-6-8-13(9-7-12)17(3,4)5/h6-9,11H,10H2,1-5H3,(H,18,21). The van der Waals surface area contributed by atoms with Crippen molar-refractivity contribution in [2.24, 2.45) is 0 Å². The third-order valence-electron chi connectivity index (χ3n) is 3.20. The Morgan fingerprint density at radius 3 is 2.43 bits per heavy atom. The maximum Gasteiger partial charge on any atom is 0.276 e. The molecule has 0 saturated carbocycles. The number of nitrogens with one attached hydrogen (secondary N) is 1. The Bertz CT molecular complexity index is 657. The Kier molecular flexibility index (Phi) is 5.46. The zero-order valence-corrected chi connectivity index (χ0v) is 15.0. The molecule has 124 valence electrons. The molecule has 6 heteroatoms. The number of thioether (sulfide) groups is 1. The number of benzene rings is 1. The molecule has 0 spiro atoms. The van der Waals surface area contributed by atoms with E-state index in [1.54, 1.807) is 0 Å². The number of amides is 1. The summed E-state index contributed by atoms with van der Waals surface area (Å²) in [4.78, 5) is 12.2. The smallest absolute Gasteiger partial charge is 0.276 e. The summed E-state index contributed by atoms with van der Waals surface area (Å²) in [6, 6.07) is 7.64. The van der Waals surface area contributed by atoms with Gasteiger partial charge in [-0.1, -0.05) is 58.5 Å². The van der Waals surface area contributed by atoms with Gasteiger partial charge in [-0.2, -0.15) is 0 Å². The fourth-order valence-corrected chi connectivity index (χ4v) is 2.57. The van der Waals surface area contributed by atoms with Gasteiger partial charge in [0.1, 0.15) is 0 Å². The van der Waals surface area contributed by atoms with Gasteiger partial charge in [-0.15, -0.1) is 10.2 Å². The minimum atomic E-state index is -0.151. The Morgan fingerprint density at radius 1 is 1.22 bits per heavy atom. The van der Waals surface area contributed by atoms with E-state index in [1.165, 1.54) is 17.3 Å². The van der Waals surface area contributed by atoms with Crippen molar-refractivity contribution in [3.8, 4) is 0 Å². The number of hydrogen-bond acceptors (Lipinski definition) is 5. The molecule has 1 N–H and O–H groups in total. The van der Waals surface area contributed by atoms with E-state index in [0.29, 0.717) is 21.9 Å². The van der Waals surface area contributed by atoms with Gasteiger partial charge in [0.2, 0.25) is 5.89 Å². The summed E-state index contributed by atoms with van der Waals surface area (Å²) in [5, 5.41) is 11.6. The summed E-state index contributed by atoms with van der Waals surface area (Å²) in [7, 11) is 0. The number of carbonyl (C=O) groups excluding carboxylic acids is 1. The maximum atomic E-state index is 12.2. The van der Waals surface area contributed by atoms with Crippen molar-refractivity contribution < 1.29 is 9.21 Å².